The van der Waals surface area contributed by atoms with Crippen molar-refractivity contribution in [2.75, 3.05) is 0 Å². The molecule has 0 aromatic heterocycles. The van der Waals surface area contributed by atoms with Gasteiger partial charge in [0.25, 0.3) is 0 Å². The van der Waals surface area contributed by atoms with Gasteiger partial charge in [-0.15, -0.1) is 0 Å². The Hall–Kier alpha value is -1.78. The molecule has 0 amide bonds. The lowest BCUT2D eigenvalue weighted by Crippen LogP contribution is -2.13. The monoisotopic (exact) mass is 298 g/mol. The number of nitrogens with two attached hydrogens (primary N) is 1. The van der Waals surface area contributed by atoms with Gasteiger partial charge in [0, 0.05) is 0 Å². The lowest BCUT2D eigenvalue weighted by atomic mass is 10.2. The topological polar surface area (TPSA) is 59.1 Å². The highest BCUT2D eigenvalue weighted by molar-refractivity contribution is 6.34. The number of nitrogens with one attached hydrogen (secondary N) is 1. The predicted octanol–water partition coefficient (Wildman–Crippen LogP) is 4.21. The fraction of sp³-hybridized carbons (Fsp3) is 0. The van der Waals surface area contributed by atoms with Crippen LogP contribution in [0.15, 0.2) is 36.4 Å². The van der Waals surface area contributed by atoms with Crippen LogP contribution in [0.5, 0.6) is 11.5 Å². The van der Waals surface area contributed by atoms with Crippen LogP contribution >= 0.6 is 23.2 Å². The first-order valence-electron chi connectivity index (χ1n) is 5.25. The van der Waals surface area contributed by atoms with Gasteiger partial charge in [-0.2, -0.15) is 0 Å². The van der Waals surface area contributed by atoms with Crippen molar-refractivity contribution in [3.63, 3.8) is 0 Å². The second-order valence-corrected chi connectivity index (χ2v) is 4.50. The highest BCUT2D eigenvalue weighted by atomic mass is 35.5. The van der Waals surface area contributed by atoms with Gasteiger partial charge >= 0.3 is 0 Å². The molecule has 2 aromatic carbocycles. The van der Waals surface area contributed by atoms with Crippen molar-refractivity contribution in [2.45, 2.75) is 0 Å². The second-order valence-electron chi connectivity index (χ2n) is 3.68. The zero-order valence-corrected chi connectivity index (χ0v) is 11.1. The first-order valence-corrected chi connectivity index (χ1v) is 6.01. The summed E-state index contributed by atoms with van der Waals surface area (Å²) in [6, 6.07) is 9.12. The van der Waals surface area contributed by atoms with Crippen LogP contribution in [0, 0.1) is 11.2 Å². The fourth-order valence-electron chi connectivity index (χ4n) is 1.53. The van der Waals surface area contributed by atoms with E-state index in [1.165, 1.54) is 12.1 Å². The molecule has 98 valence electrons. The standard InChI is InChI=1S/C13H9Cl2FN2O/c14-7-3-1-5-9(11(7)13(17)18)19-10-6-2-4-8(15)12(10)16/h1-6H,(H3,17,18). The zero-order chi connectivity index (χ0) is 14.0. The van der Waals surface area contributed by atoms with E-state index in [1.807, 2.05) is 0 Å². The SMILES string of the molecule is N=C(N)c1c(Cl)cccc1Oc1cccc(Cl)c1F. The van der Waals surface area contributed by atoms with Gasteiger partial charge in [0.05, 0.1) is 15.6 Å². The van der Waals surface area contributed by atoms with Crippen LogP contribution in [0.4, 0.5) is 4.39 Å². The van der Waals surface area contributed by atoms with E-state index in [4.69, 9.17) is 39.1 Å². The first-order chi connectivity index (χ1) is 9.00. The third-order valence-electron chi connectivity index (χ3n) is 2.38. The number of nitrogen functional groups attached to an aromatic ring is 1. The molecule has 0 radical (unpaired) electrons. The molecule has 0 aliphatic carbocycles. The van der Waals surface area contributed by atoms with Gasteiger partial charge in [-0.25, -0.2) is 4.39 Å². The summed E-state index contributed by atoms with van der Waals surface area (Å²) in [6.45, 7) is 0. The molecule has 0 bridgehead atoms. The van der Waals surface area contributed by atoms with E-state index >= 15 is 0 Å². The molecule has 0 saturated heterocycles. The number of hydrogen-bond donors (Lipinski definition) is 2. The molecule has 19 heavy (non-hydrogen) atoms. The molecule has 0 fully saturated rings. The Morgan fingerprint density at radius 3 is 2.26 bits per heavy atom. The molecule has 2 rings (SSSR count). The largest absolute Gasteiger partial charge is 0.453 e. The van der Waals surface area contributed by atoms with E-state index < -0.39 is 5.82 Å². The molecule has 0 spiro atoms. The smallest absolute Gasteiger partial charge is 0.184 e. The Bertz CT molecular complexity index is 647. The highest BCUT2D eigenvalue weighted by Gasteiger charge is 2.14. The van der Waals surface area contributed by atoms with Crippen molar-refractivity contribution in [1.82, 2.24) is 0 Å². The number of rotatable bonds is 3. The van der Waals surface area contributed by atoms with Crippen molar-refractivity contribution in [1.29, 1.82) is 5.41 Å². The van der Waals surface area contributed by atoms with Gasteiger partial charge < -0.3 is 10.5 Å². The van der Waals surface area contributed by atoms with Crippen LogP contribution in [0.25, 0.3) is 0 Å². The zero-order valence-electron chi connectivity index (χ0n) is 9.58. The molecule has 0 heterocycles. The number of ether oxygens (including phenoxy) is 1. The van der Waals surface area contributed by atoms with Crippen molar-refractivity contribution >= 4 is 29.0 Å². The quantitative estimate of drug-likeness (QED) is 0.659. The van der Waals surface area contributed by atoms with E-state index in [0.717, 1.165) is 0 Å². The van der Waals surface area contributed by atoms with Crippen LogP contribution in [-0.4, -0.2) is 5.84 Å². The Kier molecular flexibility index (Phi) is 3.93. The Balaban J connectivity index is 2.47. The average molecular weight is 299 g/mol. The van der Waals surface area contributed by atoms with Gasteiger partial charge in [-0.1, -0.05) is 35.3 Å². The summed E-state index contributed by atoms with van der Waals surface area (Å²) in [7, 11) is 0. The van der Waals surface area contributed by atoms with Crippen LogP contribution in [0.1, 0.15) is 5.56 Å². The molecule has 3 nitrogen and oxygen atoms in total. The summed E-state index contributed by atoms with van der Waals surface area (Å²) >= 11 is 11.6. The van der Waals surface area contributed by atoms with Crippen LogP contribution in [-0.2, 0) is 0 Å². The first kappa shape index (κ1) is 13.6. The summed E-state index contributed by atoms with van der Waals surface area (Å²) in [6.07, 6.45) is 0. The highest BCUT2D eigenvalue weighted by Crippen LogP contribution is 2.33. The molecular formula is C13H9Cl2FN2O. The third kappa shape index (κ3) is 2.80. The van der Waals surface area contributed by atoms with Crippen LogP contribution < -0.4 is 10.5 Å². The minimum atomic E-state index is -0.682. The average Bonchev–Trinajstić information content (AvgIpc) is 2.34. The normalized spacial score (nSPS) is 10.3. The predicted molar refractivity (Wildman–Crippen MR) is 74.0 cm³/mol. The molecule has 3 N–H and O–H groups in total. The van der Waals surface area contributed by atoms with E-state index in [0.29, 0.717) is 0 Å². The summed E-state index contributed by atoms with van der Waals surface area (Å²) in [5.41, 5.74) is 5.65. The number of amidine groups is 1. The number of halogens is 3. The van der Waals surface area contributed by atoms with E-state index in [-0.39, 0.29) is 32.9 Å². The van der Waals surface area contributed by atoms with E-state index in [9.17, 15) is 4.39 Å². The molecule has 0 saturated carbocycles. The van der Waals surface area contributed by atoms with Gasteiger partial charge in [0.2, 0.25) is 0 Å². The lowest BCUT2D eigenvalue weighted by molar-refractivity contribution is 0.441. The molecule has 0 aliphatic rings. The maximum atomic E-state index is 13.7. The molecular weight excluding hydrogens is 290 g/mol. The van der Waals surface area contributed by atoms with E-state index in [2.05, 4.69) is 0 Å². The van der Waals surface area contributed by atoms with Gasteiger partial charge in [0.1, 0.15) is 11.6 Å². The van der Waals surface area contributed by atoms with Crippen LogP contribution in [0.3, 0.4) is 0 Å². The van der Waals surface area contributed by atoms with Gasteiger partial charge in [-0.05, 0) is 24.3 Å². The second kappa shape index (κ2) is 5.47. The number of benzene rings is 2. The molecule has 2 aromatic rings. The summed E-state index contributed by atoms with van der Waals surface area (Å²) in [5, 5.41) is 7.68. The summed E-state index contributed by atoms with van der Waals surface area (Å²) in [5.74, 6) is -0.805. The third-order valence-corrected chi connectivity index (χ3v) is 2.99. The maximum Gasteiger partial charge on any atom is 0.184 e. The van der Waals surface area contributed by atoms with Crippen molar-refractivity contribution < 1.29 is 9.13 Å². The minimum Gasteiger partial charge on any atom is -0.453 e. The van der Waals surface area contributed by atoms with Crippen LogP contribution in [0.2, 0.25) is 10.0 Å². The van der Waals surface area contributed by atoms with Crippen molar-refractivity contribution in [2.24, 2.45) is 5.73 Å². The Morgan fingerprint density at radius 1 is 1.05 bits per heavy atom. The molecule has 0 atom stereocenters. The Morgan fingerprint density at radius 2 is 1.63 bits per heavy atom. The molecule has 0 unspecified atom stereocenters. The number of hydrogen-bond acceptors (Lipinski definition) is 2. The van der Waals surface area contributed by atoms with Crippen molar-refractivity contribution in [3.05, 3.63) is 57.8 Å². The lowest BCUT2D eigenvalue weighted by Gasteiger charge is -2.12. The summed E-state index contributed by atoms with van der Waals surface area (Å²) in [4.78, 5) is 0. The minimum absolute atomic E-state index is 0.0519. The molecule has 0 aliphatic heterocycles. The van der Waals surface area contributed by atoms with Gasteiger partial charge in [-0.3, -0.25) is 5.41 Å². The Labute approximate surface area is 119 Å². The van der Waals surface area contributed by atoms with E-state index in [1.54, 1.807) is 24.3 Å². The fourth-order valence-corrected chi connectivity index (χ4v) is 1.97. The molecule has 6 heteroatoms. The van der Waals surface area contributed by atoms with Gasteiger partial charge in [0.15, 0.2) is 11.6 Å². The summed E-state index contributed by atoms with van der Waals surface area (Å²) < 4.78 is 19.1. The maximum absolute atomic E-state index is 13.7. The van der Waals surface area contributed by atoms with Crippen molar-refractivity contribution in [3.8, 4) is 11.5 Å².